The lowest BCUT2D eigenvalue weighted by Crippen LogP contribution is -2.32. The van der Waals surface area contributed by atoms with Gasteiger partial charge in [-0.2, -0.15) is 4.98 Å². The Labute approximate surface area is 129 Å². The van der Waals surface area contributed by atoms with E-state index in [1.165, 1.54) is 0 Å². The Hall–Kier alpha value is -1.66. The maximum Gasteiger partial charge on any atom is 0.229 e. The van der Waals surface area contributed by atoms with Crippen LogP contribution in [-0.4, -0.2) is 41.3 Å². The number of piperidine rings is 1. The molecular weight excluding hydrogens is 282 g/mol. The standard InChI is InChI=1S/C16H21N3O3/c1-2-14(21-8-1)10-19-6-3-12(4-7-19)16-17-15(18-22-16)13-5-9-20-11-13/h1-2,8,12-13H,3-7,9-11H2. The molecule has 0 bridgehead atoms. The number of likely N-dealkylation sites (tertiary alicyclic amines) is 1. The molecule has 0 saturated carbocycles. The van der Waals surface area contributed by atoms with Crippen LogP contribution < -0.4 is 0 Å². The number of hydrogen-bond donors (Lipinski definition) is 0. The second kappa shape index (κ2) is 6.22. The first-order chi connectivity index (χ1) is 10.9. The highest BCUT2D eigenvalue weighted by molar-refractivity contribution is 5.03. The monoisotopic (exact) mass is 303 g/mol. The second-order valence-corrected chi connectivity index (χ2v) is 6.18. The largest absolute Gasteiger partial charge is 0.468 e. The summed E-state index contributed by atoms with van der Waals surface area (Å²) < 4.78 is 16.3. The third-order valence-corrected chi connectivity index (χ3v) is 4.65. The van der Waals surface area contributed by atoms with Gasteiger partial charge in [0.15, 0.2) is 5.82 Å². The van der Waals surface area contributed by atoms with Gasteiger partial charge in [-0.05, 0) is 44.5 Å². The number of furan rings is 1. The Balaban J connectivity index is 1.33. The van der Waals surface area contributed by atoms with Gasteiger partial charge in [-0.1, -0.05) is 5.16 Å². The molecule has 1 unspecified atom stereocenters. The molecule has 4 heterocycles. The van der Waals surface area contributed by atoms with Crippen LogP contribution in [0.4, 0.5) is 0 Å². The summed E-state index contributed by atoms with van der Waals surface area (Å²) in [5.41, 5.74) is 0. The summed E-state index contributed by atoms with van der Waals surface area (Å²) >= 11 is 0. The molecule has 0 spiro atoms. The molecule has 118 valence electrons. The van der Waals surface area contributed by atoms with Crippen LogP contribution in [-0.2, 0) is 11.3 Å². The maximum atomic E-state index is 5.50. The zero-order valence-electron chi connectivity index (χ0n) is 12.6. The molecule has 1 atom stereocenters. The summed E-state index contributed by atoms with van der Waals surface area (Å²) in [5.74, 6) is 3.36. The predicted molar refractivity (Wildman–Crippen MR) is 78.4 cm³/mol. The van der Waals surface area contributed by atoms with Crippen LogP contribution in [0.25, 0.3) is 0 Å². The SMILES string of the molecule is c1coc(CN2CCC(c3nc(C4CCOC4)no3)CC2)c1. The molecule has 2 saturated heterocycles. The summed E-state index contributed by atoms with van der Waals surface area (Å²) in [6.07, 6.45) is 4.85. The smallest absolute Gasteiger partial charge is 0.229 e. The third kappa shape index (κ3) is 2.94. The van der Waals surface area contributed by atoms with Gasteiger partial charge in [-0.15, -0.1) is 0 Å². The first kappa shape index (κ1) is 14.0. The van der Waals surface area contributed by atoms with Gasteiger partial charge in [0.25, 0.3) is 0 Å². The minimum Gasteiger partial charge on any atom is -0.468 e. The lowest BCUT2D eigenvalue weighted by Gasteiger charge is -2.29. The Kier molecular flexibility index (Phi) is 3.95. The highest BCUT2D eigenvalue weighted by Gasteiger charge is 2.28. The highest BCUT2D eigenvalue weighted by atomic mass is 16.5. The molecule has 2 aliphatic rings. The van der Waals surface area contributed by atoms with Crippen molar-refractivity contribution in [1.82, 2.24) is 15.0 Å². The van der Waals surface area contributed by atoms with E-state index < -0.39 is 0 Å². The van der Waals surface area contributed by atoms with Crippen LogP contribution in [0.2, 0.25) is 0 Å². The molecule has 0 amide bonds. The van der Waals surface area contributed by atoms with Gasteiger partial charge in [-0.3, -0.25) is 4.90 Å². The van der Waals surface area contributed by atoms with Crippen molar-refractivity contribution < 1.29 is 13.7 Å². The van der Waals surface area contributed by atoms with E-state index in [4.69, 9.17) is 13.7 Å². The quantitative estimate of drug-likeness (QED) is 0.865. The lowest BCUT2D eigenvalue weighted by molar-refractivity contribution is 0.176. The molecule has 2 aromatic heterocycles. The van der Waals surface area contributed by atoms with Gasteiger partial charge in [0.2, 0.25) is 5.89 Å². The van der Waals surface area contributed by atoms with E-state index in [1.807, 2.05) is 12.1 Å². The van der Waals surface area contributed by atoms with Crippen molar-refractivity contribution >= 4 is 0 Å². The molecule has 2 aliphatic heterocycles. The van der Waals surface area contributed by atoms with Crippen LogP contribution in [0.15, 0.2) is 27.3 Å². The molecule has 6 heteroatoms. The molecule has 22 heavy (non-hydrogen) atoms. The average molecular weight is 303 g/mol. The fraction of sp³-hybridized carbons (Fsp3) is 0.625. The summed E-state index contributed by atoms with van der Waals surface area (Å²) in [7, 11) is 0. The molecule has 4 rings (SSSR count). The lowest BCUT2D eigenvalue weighted by atomic mass is 9.96. The van der Waals surface area contributed by atoms with Crippen molar-refractivity contribution in [3.8, 4) is 0 Å². The van der Waals surface area contributed by atoms with Gasteiger partial charge in [0.1, 0.15) is 5.76 Å². The highest BCUT2D eigenvalue weighted by Crippen LogP contribution is 2.30. The second-order valence-electron chi connectivity index (χ2n) is 6.18. The fourth-order valence-corrected chi connectivity index (χ4v) is 3.28. The molecule has 0 N–H and O–H groups in total. The molecule has 0 aliphatic carbocycles. The first-order valence-electron chi connectivity index (χ1n) is 8.04. The predicted octanol–water partition coefficient (Wildman–Crippen LogP) is 2.55. The Morgan fingerprint density at radius 3 is 2.82 bits per heavy atom. The van der Waals surface area contributed by atoms with Gasteiger partial charge >= 0.3 is 0 Å². The van der Waals surface area contributed by atoms with E-state index >= 15 is 0 Å². The zero-order valence-corrected chi connectivity index (χ0v) is 12.6. The summed E-state index contributed by atoms with van der Waals surface area (Å²) in [6, 6.07) is 3.97. The third-order valence-electron chi connectivity index (χ3n) is 4.65. The summed E-state index contributed by atoms with van der Waals surface area (Å²) in [5, 5.41) is 4.16. The van der Waals surface area contributed by atoms with Crippen molar-refractivity contribution in [2.24, 2.45) is 0 Å². The fourth-order valence-electron chi connectivity index (χ4n) is 3.28. The van der Waals surface area contributed by atoms with Crippen LogP contribution >= 0.6 is 0 Å². The van der Waals surface area contributed by atoms with Crippen LogP contribution in [0.1, 0.15) is 48.6 Å². The first-order valence-corrected chi connectivity index (χ1v) is 8.04. The number of rotatable bonds is 4. The van der Waals surface area contributed by atoms with E-state index in [0.717, 1.165) is 69.6 Å². The number of nitrogens with zero attached hydrogens (tertiary/aromatic N) is 3. The van der Waals surface area contributed by atoms with Crippen molar-refractivity contribution in [1.29, 1.82) is 0 Å². The van der Waals surface area contributed by atoms with Crippen LogP contribution in [0, 0.1) is 0 Å². The molecule has 2 fully saturated rings. The molecule has 2 aromatic rings. The normalized spacial score (nSPS) is 24.1. The van der Waals surface area contributed by atoms with Gasteiger partial charge in [0.05, 0.1) is 19.4 Å². The van der Waals surface area contributed by atoms with Crippen molar-refractivity contribution in [3.05, 3.63) is 35.9 Å². The molecule has 6 nitrogen and oxygen atoms in total. The van der Waals surface area contributed by atoms with E-state index in [1.54, 1.807) is 6.26 Å². The van der Waals surface area contributed by atoms with E-state index in [-0.39, 0.29) is 0 Å². The minimum atomic E-state index is 0.316. The maximum absolute atomic E-state index is 5.50. The van der Waals surface area contributed by atoms with Gasteiger partial charge in [-0.25, -0.2) is 0 Å². The van der Waals surface area contributed by atoms with Gasteiger partial charge < -0.3 is 13.7 Å². The number of ether oxygens (including phenoxy) is 1. The topological polar surface area (TPSA) is 64.5 Å². The van der Waals surface area contributed by atoms with Crippen LogP contribution in [0.3, 0.4) is 0 Å². The molecule has 0 radical (unpaired) electrons. The Bertz CT molecular complexity index is 582. The average Bonchev–Trinajstić information content (AvgIpc) is 3.30. The van der Waals surface area contributed by atoms with E-state index in [9.17, 15) is 0 Å². The van der Waals surface area contributed by atoms with E-state index in [2.05, 4.69) is 15.0 Å². The van der Waals surface area contributed by atoms with Crippen molar-refractivity contribution in [2.45, 2.75) is 37.6 Å². The Morgan fingerprint density at radius 1 is 1.18 bits per heavy atom. The molecule has 0 aromatic carbocycles. The van der Waals surface area contributed by atoms with Gasteiger partial charge in [0, 0.05) is 18.4 Å². The number of hydrogen-bond acceptors (Lipinski definition) is 6. The number of aromatic nitrogens is 2. The summed E-state index contributed by atoms with van der Waals surface area (Å²) in [6.45, 7) is 4.49. The van der Waals surface area contributed by atoms with Crippen LogP contribution in [0.5, 0.6) is 0 Å². The van der Waals surface area contributed by atoms with Crippen molar-refractivity contribution in [2.75, 3.05) is 26.3 Å². The zero-order chi connectivity index (χ0) is 14.8. The summed E-state index contributed by atoms with van der Waals surface area (Å²) in [4.78, 5) is 7.04. The minimum absolute atomic E-state index is 0.316. The van der Waals surface area contributed by atoms with Crippen molar-refractivity contribution in [3.63, 3.8) is 0 Å². The Morgan fingerprint density at radius 2 is 2.09 bits per heavy atom. The molecular formula is C16H21N3O3. The van der Waals surface area contributed by atoms with E-state index in [0.29, 0.717) is 11.8 Å².